The van der Waals surface area contributed by atoms with Crippen molar-refractivity contribution < 1.29 is 19.1 Å². The number of hydrazone groups is 2. The molecule has 2 N–H and O–H groups in total. The van der Waals surface area contributed by atoms with E-state index in [4.69, 9.17) is 9.47 Å². The van der Waals surface area contributed by atoms with Crippen molar-refractivity contribution in [2.45, 2.75) is 13.8 Å². The Kier molecular flexibility index (Phi) is 8.12. The normalized spacial score (nSPS) is 11.5. The molecule has 3 aromatic carbocycles. The largest absolute Gasteiger partial charge is 0.497 e. The number of carbonyl (C=O) groups is 2. The second-order valence-corrected chi connectivity index (χ2v) is 7.32. The highest BCUT2D eigenvalue weighted by Gasteiger charge is 2.09. The van der Waals surface area contributed by atoms with Gasteiger partial charge in [0.05, 0.1) is 25.6 Å². The number of nitrogens with one attached hydrogen (secondary N) is 2. The van der Waals surface area contributed by atoms with Gasteiger partial charge >= 0.3 is 0 Å². The quantitative estimate of drug-likeness (QED) is 0.393. The van der Waals surface area contributed by atoms with Crippen LogP contribution in [0, 0.1) is 0 Å². The Bertz CT molecular complexity index is 1140. The van der Waals surface area contributed by atoms with Crippen LogP contribution in [0.4, 0.5) is 0 Å². The number of hydrogen-bond donors (Lipinski definition) is 2. The molecule has 0 bridgehead atoms. The smallest absolute Gasteiger partial charge is 0.271 e. The van der Waals surface area contributed by atoms with Crippen LogP contribution in [0.2, 0.25) is 0 Å². The van der Waals surface area contributed by atoms with Crippen molar-refractivity contribution in [3.8, 4) is 11.5 Å². The average Bonchev–Trinajstić information content (AvgIpc) is 2.90. The summed E-state index contributed by atoms with van der Waals surface area (Å²) in [4.78, 5) is 24.9. The van der Waals surface area contributed by atoms with Crippen LogP contribution in [-0.2, 0) is 0 Å². The summed E-state index contributed by atoms with van der Waals surface area (Å²) in [6.45, 7) is 3.58. The lowest BCUT2D eigenvalue weighted by Gasteiger charge is -2.06. The Hall–Kier alpha value is -4.46. The lowest BCUT2D eigenvalue weighted by Crippen LogP contribution is -2.21. The van der Waals surface area contributed by atoms with Crippen molar-refractivity contribution in [3.63, 3.8) is 0 Å². The fraction of sp³-hybridized carbons (Fsp3) is 0.154. The van der Waals surface area contributed by atoms with Gasteiger partial charge in [0.15, 0.2) is 0 Å². The highest BCUT2D eigenvalue weighted by Crippen LogP contribution is 2.14. The first-order valence-corrected chi connectivity index (χ1v) is 10.5. The monoisotopic (exact) mass is 458 g/mol. The summed E-state index contributed by atoms with van der Waals surface area (Å²) in [6, 6.07) is 21.0. The van der Waals surface area contributed by atoms with Gasteiger partial charge < -0.3 is 9.47 Å². The van der Waals surface area contributed by atoms with Gasteiger partial charge in [-0.05, 0) is 62.4 Å². The van der Waals surface area contributed by atoms with Gasteiger partial charge in [-0.1, -0.05) is 24.3 Å². The molecular weight excluding hydrogens is 432 g/mol. The molecule has 3 aromatic rings. The zero-order valence-corrected chi connectivity index (χ0v) is 19.5. The van der Waals surface area contributed by atoms with E-state index in [0.29, 0.717) is 34.0 Å². The van der Waals surface area contributed by atoms with E-state index >= 15 is 0 Å². The summed E-state index contributed by atoms with van der Waals surface area (Å²) in [7, 11) is 3.18. The van der Waals surface area contributed by atoms with Gasteiger partial charge in [-0.25, -0.2) is 10.9 Å². The summed E-state index contributed by atoms with van der Waals surface area (Å²) >= 11 is 0. The van der Waals surface area contributed by atoms with Gasteiger partial charge in [0.25, 0.3) is 11.8 Å². The van der Waals surface area contributed by atoms with Crippen LogP contribution in [0.1, 0.15) is 45.7 Å². The van der Waals surface area contributed by atoms with Gasteiger partial charge in [-0.3, -0.25) is 9.59 Å². The maximum Gasteiger partial charge on any atom is 0.271 e. The molecule has 0 heterocycles. The van der Waals surface area contributed by atoms with Gasteiger partial charge in [-0.15, -0.1) is 0 Å². The molecule has 3 rings (SSSR count). The van der Waals surface area contributed by atoms with Crippen LogP contribution >= 0.6 is 0 Å². The summed E-state index contributed by atoms with van der Waals surface area (Å²) < 4.78 is 10.4. The number of rotatable bonds is 8. The fourth-order valence-corrected chi connectivity index (χ4v) is 3.00. The molecule has 0 saturated heterocycles. The van der Waals surface area contributed by atoms with Gasteiger partial charge in [0.2, 0.25) is 0 Å². The molecule has 0 radical (unpaired) electrons. The lowest BCUT2D eigenvalue weighted by atomic mass is 10.1. The van der Waals surface area contributed by atoms with E-state index < -0.39 is 0 Å². The zero-order chi connectivity index (χ0) is 24.5. The van der Waals surface area contributed by atoms with Gasteiger partial charge in [0, 0.05) is 22.3 Å². The molecule has 0 saturated carbocycles. The second-order valence-electron chi connectivity index (χ2n) is 7.32. The molecule has 0 aliphatic rings. The molecule has 8 heteroatoms. The summed E-state index contributed by atoms with van der Waals surface area (Å²) in [5, 5.41) is 8.30. The molecule has 0 fully saturated rings. The molecule has 0 spiro atoms. The minimum absolute atomic E-state index is 0.370. The molecule has 0 unspecified atom stereocenters. The number of hydrogen-bond acceptors (Lipinski definition) is 6. The summed E-state index contributed by atoms with van der Waals surface area (Å²) in [6.07, 6.45) is 0. The van der Waals surface area contributed by atoms with Crippen molar-refractivity contribution in [2.24, 2.45) is 10.2 Å². The van der Waals surface area contributed by atoms with E-state index in [1.165, 1.54) is 0 Å². The maximum absolute atomic E-state index is 12.4. The minimum atomic E-state index is -0.388. The molecule has 0 aliphatic heterocycles. The van der Waals surface area contributed by atoms with Crippen molar-refractivity contribution in [2.75, 3.05) is 14.2 Å². The Morgan fingerprint density at radius 1 is 0.618 bits per heavy atom. The Balaban J connectivity index is 1.61. The van der Waals surface area contributed by atoms with E-state index in [1.807, 2.05) is 48.5 Å². The maximum atomic E-state index is 12.4. The lowest BCUT2D eigenvalue weighted by molar-refractivity contribution is 0.0943. The van der Waals surface area contributed by atoms with Crippen LogP contribution in [0.3, 0.4) is 0 Å². The Morgan fingerprint density at radius 2 is 1.00 bits per heavy atom. The molecule has 0 aromatic heterocycles. The van der Waals surface area contributed by atoms with E-state index in [9.17, 15) is 9.59 Å². The standard InChI is InChI=1S/C26H26N4O4/c1-17(21-7-5-9-23(15-21)33-3)27-29-25(31)19-11-13-20(14-12-19)26(32)30-28-18(2)22-8-6-10-24(16-22)34-4/h5-16H,1-4H3,(H,29,31)(H,30,32)/b27-17+,28-18+. The minimum Gasteiger partial charge on any atom is -0.497 e. The fourth-order valence-electron chi connectivity index (χ4n) is 3.00. The number of nitrogens with zero attached hydrogens (tertiary/aromatic N) is 2. The van der Waals surface area contributed by atoms with E-state index in [0.717, 1.165) is 11.1 Å². The first kappa shape index (κ1) is 24.2. The molecule has 34 heavy (non-hydrogen) atoms. The summed E-state index contributed by atoms with van der Waals surface area (Å²) in [5.41, 5.74) is 8.72. The third-order valence-electron chi connectivity index (χ3n) is 5.03. The van der Waals surface area contributed by atoms with Gasteiger partial charge in [-0.2, -0.15) is 10.2 Å². The third-order valence-corrected chi connectivity index (χ3v) is 5.03. The number of amides is 2. The van der Waals surface area contributed by atoms with Crippen molar-refractivity contribution in [1.29, 1.82) is 0 Å². The molecule has 2 amide bonds. The van der Waals surface area contributed by atoms with Gasteiger partial charge in [0.1, 0.15) is 11.5 Å². The average molecular weight is 459 g/mol. The molecular formula is C26H26N4O4. The molecule has 174 valence electrons. The van der Waals surface area contributed by atoms with E-state index in [-0.39, 0.29) is 11.8 Å². The van der Waals surface area contributed by atoms with E-state index in [1.54, 1.807) is 52.3 Å². The first-order chi connectivity index (χ1) is 16.4. The number of carbonyl (C=O) groups excluding carboxylic acids is 2. The van der Waals surface area contributed by atoms with E-state index in [2.05, 4.69) is 21.1 Å². The highest BCUT2D eigenvalue weighted by atomic mass is 16.5. The van der Waals surface area contributed by atoms with Crippen LogP contribution in [-0.4, -0.2) is 37.5 Å². The van der Waals surface area contributed by atoms with Crippen LogP contribution in [0.25, 0.3) is 0 Å². The SMILES string of the molecule is COc1cccc(/C(C)=N/NC(=O)c2ccc(C(=O)N/N=C(\C)c3cccc(OC)c3)cc2)c1. The first-order valence-electron chi connectivity index (χ1n) is 10.5. The zero-order valence-electron chi connectivity index (χ0n) is 19.5. The Morgan fingerprint density at radius 3 is 1.35 bits per heavy atom. The predicted molar refractivity (Wildman–Crippen MR) is 132 cm³/mol. The van der Waals surface area contributed by atoms with Crippen molar-refractivity contribution >= 4 is 23.2 Å². The highest BCUT2D eigenvalue weighted by molar-refractivity contribution is 6.02. The third kappa shape index (κ3) is 6.29. The molecule has 0 aliphatic carbocycles. The van der Waals surface area contributed by atoms with Crippen LogP contribution < -0.4 is 20.3 Å². The molecule has 8 nitrogen and oxygen atoms in total. The van der Waals surface area contributed by atoms with Crippen molar-refractivity contribution in [1.82, 2.24) is 10.9 Å². The van der Waals surface area contributed by atoms with Crippen LogP contribution in [0.5, 0.6) is 11.5 Å². The predicted octanol–water partition coefficient (Wildman–Crippen LogP) is 4.01. The van der Waals surface area contributed by atoms with Crippen LogP contribution in [0.15, 0.2) is 83.0 Å². The number of ether oxygens (including phenoxy) is 2. The number of benzene rings is 3. The Labute approximate surface area is 198 Å². The molecule has 0 atom stereocenters. The topological polar surface area (TPSA) is 101 Å². The summed E-state index contributed by atoms with van der Waals surface area (Å²) in [5.74, 6) is 0.632. The number of methoxy groups -OCH3 is 2. The van der Waals surface area contributed by atoms with Crippen molar-refractivity contribution in [3.05, 3.63) is 95.1 Å². The second kappa shape index (κ2) is 11.4.